The second-order valence-electron chi connectivity index (χ2n) is 7.06. The largest absolute Gasteiger partial charge is 0.457 e. The second-order valence-corrected chi connectivity index (χ2v) is 7.98. The molecule has 1 heterocycles. The zero-order valence-corrected chi connectivity index (χ0v) is 15.4. The molecule has 5 rings (SSSR count). The Kier molecular flexibility index (Phi) is 3.54. The lowest BCUT2D eigenvalue weighted by Crippen LogP contribution is -2.32. The van der Waals surface area contributed by atoms with Gasteiger partial charge in [-0.1, -0.05) is 28.1 Å². The van der Waals surface area contributed by atoms with Gasteiger partial charge >= 0.3 is 0 Å². The van der Waals surface area contributed by atoms with Crippen LogP contribution in [0.5, 0.6) is 11.5 Å². The number of benzene rings is 2. The van der Waals surface area contributed by atoms with Gasteiger partial charge in [-0.2, -0.15) is 0 Å². The molecule has 0 radical (unpaired) electrons. The number of allylic oxidation sites excluding steroid dienone is 2. The van der Waals surface area contributed by atoms with E-state index >= 15 is 0 Å². The lowest BCUT2D eigenvalue weighted by Gasteiger charge is -2.17. The Morgan fingerprint density at radius 3 is 1.85 bits per heavy atom. The number of rotatable bonds is 3. The molecule has 4 nitrogen and oxygen atoms in total. The molecule has 3 aliphatic rings. The first-order valence-electron chi connectivity index (χ1n) is 8.71. The molecule has 2 aliphatic carbocycles. The molecule has 1 saturated carbocycles. The van der Waals surface area contributed by atoms with Gasteiger partial charge in [0, 0.05) is 4.47 Å². The third kappa shape index (κ3) is 2.34. The van der Waals surface area contributed by atoms with E-state index in [0.717, 1.165) is 16.6 Å². The van der Waals surface area contributed by atoms with Crippen LogP contribution in [0.4, 0.5) is 5.69 Å². The molecule has 2 amide bonds. The van der Waals surface area contributed by atoms with E-state index in [4.69, 9.17) is 4.74 Å². The van der Waals surface area contributed by atoms with Crippen molar-refractivity contribution < 1.29 is 14.3 Å². The smallest absolute Gasteiger partial charge is 0.238 e. The average molecular weight is 410 g/mol. The topological polar surface area (TPSA) is 46.6 Å². The van der Waals surface area contributed by atoms with Gasteiger partial charge in [0.2, 0.25) is 11.8 Å². The molecule has 26 heavy (non-hydrogen) atoms. The molecule has 1 aliphatic heterocycles. The summed E-state index contributed by atoms with van der Waals surface area (Å²) >= 11 is 3.39. The minimum absolute atomic E-state index is 0.0570. The molecule has 4 atom stereocenters. The summed E-state index contributed by atoms with van der Waals surface area (Å²) in [5.74, 6) is 1.39. The summed E-state index contributed by atoms with van der Waals surface area (Å²) in [6, 6.07) is 14.7. The van der Waals surface area contributed by atoms with Crippen molar-refractivity contribution in [2.24, 2.45) is 23.7 Å². The zero-order chi connectivity index (χ0) is 17.8. The summed E-state index contributed by atoms with van der Waals surface area (Å²) in [6.07, 6.45) is 5.16. The summed E-state index contributed by atoms with van der Waals surface area (Å²) in [6.45, 7) is 0. The van der Waals surface area contributed by atoms with Crippen molar-refractivity contribution >= 4 is 33.4 Å². The fourth-order valence-corrected chi connectivity index (χ4v) is 4.72. The van der Waals surface area contributed by atoms with Crippen molar-refractivity contribution in [1.29, 1.82) is 0 Å². The van der Waals surface area contributed by atoms with Crippen LogP contribution in [-0.2, 0) is 9.59 Å². The normalized spacial score (nSPS) is 28.7. The quantitative estimate of drug-likeness (QED) is 0.551. The molecule has 130 valence electrons. The number of fused-ring (bicyclic) bond motifs is 5. The fraction of sp³-hybridized carbons (Fsp3) is 0.238. The summed E-state index contributed by atoms with van der Waals surface area (Å²) < 4.78 is 6.79. The third-order valence-corrected chi connectivity index (χ3v) is 6.14. The van der Waals surface area contributed by atoms with Gasteiger partial charge in [-0.3, -0.25) is 14.5 Å². The number of carbonyl (C=O) groups excluding carboxylic acids is 2. The van der Waals surface area contributed by atoms with Crippen LogP contribution in [0.25, 0.3) is 0 Å². The van der Waals surface area contributed by atoms with Crippen LogP contribution >= 0.6 is 15.9 Å². The number of ether oxygens (including phenoxy) is 1. The van der Waals surface area contributed by atoms with E-state index in [1.54, 1.807) is 24.3 Å². The van der Waals surface area contributed by atoms with Gasteiger partial charge in [-0.25, -0.2) is 0 Å². The summed E-state index contributed by atoms with van der Waals surface area (Å²) in [5, 5.41) is 0. The molecular formula is C21H16BrNO3. The summed E-state index contributed by atoms with van der Waals surface area (Å²) in [5.41, 5.74) is 0.622. The summed E-state index contributed by atoms with van der Waals surface area (Å²) in [4.78, 5) is 27.0. The lowest BCUT2D eigenvalue weighted by atomic mass is 9.85. The SMILES string of the molecule is O=C1C2C3C=CC(C3)C2C(=O)N1c1ccc(Oc2ccc(Br)cc2)cc1. The summed E-state index contributed by atoms with van der Waals surface area (Å²) in [7, 11) is 0. The highest BCUT2D eigenvalue weighted by Crippen LogP contribution is 2.53. The highest BCUT2D eigenvalue weighted by atomic mass is 79.9. The lowest BCUT2D eigenvalue weighted by molar-refractivity contribution is -0.123. The molecule has 5 heteroatoms. The predicted octanol–water partition coefficient (Wildman–Crippen LogP) is 4.55. The Labute approximate surface area is 159 Å². The number of anilines is 1. The molecule has 0 aromatic heterocycles. The van der Waals surface area contributed by atoms with Gasteiger partial charge < -0.3 is 4.74 Å². The molecule has 0 N–H and O–H groups in total. The highest BCUT2D eigenvalue weighted by Gasteiger charge is 2.59. The standard InChI is InChI=1S/C21H16BrNO3/c22-14-3-7-16(8-4-14)26-17-9-5-15(6-10-17)23-20(24)18-12-1-2-13(11-12)19(18)21(23)25/h1-10,12-13,18-19H,11H2. The molecule has 2 fully saturated rings. The van der Waals surface area contributed by atoms with Crippen LogP contribution in [0.15, 0.2) is 65.2 Å². The maximum Gasteiger partial charge on any atom is 0.238 e. The fourth-order valence-electron chi connectivity index (χ4n) is 4.46. The number of halogens is 1. The minimum atomic E-state index is -0.170. The molecule has 2 aromatic rings. The third-order valence-electron chi connectivity index (χ3n) is 5.61. The number of hydrogen-bond donors (Lipinski definition) is 0. The number of amides is 2. The maximum atomic E-state index is 12.8. The zero-order valence-electron chi connectivity index (χ0n) is 13.8. The highest BCUT2D eigenvalue weighted by molar-refractivity contribution is 9.10. The average Bonchev–Trinajstić information content (AvgIpc) is 3.32. The monoisotopic (exact) mass is 409 g/mol. The predicted molar refractivity (Wildman–Crippen MR) is 101 cm³/mol. The van der Waals surface area contributed by atoms with E-state index < -0.39 is 0 Å². The van der Waals surface area contributed by atoms with Crippen LogP contribution in [0, 0.1) is 23.7 Å². The Morgan fingerprint density at radius 2 is 1.31 bits per heavy atom. The first kappa shape index (κ1) is 15.8. The maximum absolute atomic E-state index is 12.8. The Morgan fingerprint density at radius 1 is 0.808 bits per heavy atom. The first-order chi connectivity index (χ1) is 12.6. The van der Waals surface area contributed by atoms with Gasteiger partial charge in [0.1, 0.15) is 11.5 Å². The minimum Gasteiger partial charge on any atom is -0.457 e. The number of nitrogens with zero attached hydrogens (tertiary/aromatic N) is 1. The molecule has 2 aromatic carbocycles. The molecule has 2 bridgehead atoms. The van der Waals surface area contributed by atoms with E-state index in [0.29, 0.717) is 11.4 Å². The molecule has 1 saturated heterocycles. The van der Waals surface area contributed by atoms with E-state index in [1.165, 1.54) is 4.90 Å². The van der Waals surface area contributed by atoms with E-state index in [9.17, 15) is 9.59 Å². The van der Waals surface area contributed by atoms with E-state index in [1.807, 2.05) is 24.3 Å². The van der Waals surface area contributed by atoms with Gasteiger partial charge in [-0.05, 0) is 66.8 Å². The van der Waals surface area contributed by atoms with Crippen LogP contribution in [-0.4, -0.2) is 11.8 Å². The molecular weight excluding hydrogens is 394 g/mol. The molecule has 0 spiro atoms. The van der Waals surface area contributed by atoms with Crippen LogP contribution in [0.2, 0.25) is 0 Å². The van der Waals surface area contributed by atoms with E-state index in [-0.39, 0.29) is 35.5 Å². The van der Waals surface area contributed by atoms with Gasteiger partial charge in [0.05, 0.1) is 17.5 Å². The van der Waals surface area contributed by atoms with Crippen LogP contribution < -0.4 is 9.64 Å². The first-order valence-corrected chi connectivity index (χ1v) is 9.51. The Bertz CT molecular complexity index is 889. The Balaban J connectivity index is 1.37. The van der Waals surface area contributed by atoms with Crippen LogP contribution in [0.1, 0.15) is 6.42 Å². The van der Waals surface area contributed by atoms with Crippen molar-refractivity contribution in [3.8, 4) is 11.5 Å². The van der Waals surface area contributed by atoms with Gasteiger partial charge in [-0.15, -0.1) is 0 Å². The second kappa shape index (κ2) is 5.81. The van der Waals surface area contributed by atoms with Crippen molar-refractivity contribution in [3.63, 3.8) is 0 Å². The Hall–Kier alpha value is -2.40. The van der Waals surface area contributed by atoms with Gasteiger partial charge in [0.15, 0.2) is 0 Å². The van der Waals surface area contributed by atoms with Crippen molar-refractivity contribution in [3.05, 3.63) is 65.2 Å². The molecule has 4 unspecified atom stereocenters. The van der Waals surface area contributed by atoms with E-state index in [2.05, 4.69) is 28.1 Å². The number of hydrogen-bond acceptors (Lipinski definition) is 3. The van der Waals surface area contributed by atoms with Crippen molar-refractivity contribution in [2.75, 3.05) is 4.90 Å². The number of carbonyl (C=O) groups is 2. The van der Waals surface area contributed by atoms with Crippen LogP contribution in [0.3, 0.4) is 0 Å². The van der Waals surface area contributed by atoms with Crippen molar-refractivity contribution in [1.82, 2.24) is 0 Å². The number of imide groups is 1. The van der Waals surface area contributed by atoms with Gasteiger partial charge in [0.25, 0.3) is 0 Å². The van der Waals surface area contributed by atoms with Crippen molar-refractivity contribution in [2.45, 2.75) is 6.42 Å².